The van der Waals surface area contributed by atoms with Crippen LogP contribution in [0.1, 0.15) is 51.5 Å². The zero-order valence-corrected chi connectivity index (χ0v) is 17.3. The Morgan fingerprint density at radius 1 is 1.00 bits per heavy atom. The molecule has 2 aromatic carbocycles. The minimum atomic E-state index is -0.159. The highest BCUT2D eigenvalue weighted by atomic mass is 16.2. The number of Topliss-reactive ketones (excluding diaryl/α,β-unsaturated/α-hetero) is 1. The second kappa shape index (κ2) is 7.51. The topological polar surface area (TPSA) is 49.4 Å². The molecular formula is C25H28N2O2. The van der Waals surface area contributed by atoms with E-state index in [-0.39, 0.29) is 29.2 Å². The maximum atomic E-state index is 13.3. The fraction of sp³-hybridized carbons (Fsp3) is 0.360. The van der Waals surface area contributed by atoms with Crippen LogP contribution in [-0.4, -0.2) is 22.8 Å². The Morgan fingerprint density at radius 3 is 2.28 bits per heavy atom. The van der Waals surface area contributed by atoms with Gasteiger partial charge >= 0.3 is 6.03 Å². The number of hydrogen-bond acceptors (Lipinski definition) is 2. The molecule has 4 heteroatoms. The van der Waals surface area contributed by atoms with Gasteiger partial charge < -0.3 is 5.32 Å². The Balaban J connectivity index is 1.77. The molecule has 0 bridgehead atoms. The summed E-state index contributed by atoms with van der Waals surface area (Å²) in [4.78, 5) is 28.3. The Labute approximate surface area is 172 Å². The third kappa shape index (κ3) is 3.84. The number of para-hydroxylation sites is 1. The predicted octanol–water partition coefficient (Wildman–Crippen LogP) is 5.74. The van der Waals surface area contributed by atoms with Gasteiger partial charge in [0.2, 0.25) is 0 Å². The molecule has 0 fully saturated rings. The highest BCUT2D eigenvalue weighted by molar-refractivity contribution is 6.01. The van der Waals surface area contributed by atoms with Gasteiger partial charge in [0, 0.05) is 35.3 Å². The number of carbonyl (C=O) groups excluding carboxylic acids is 2. The van der Waals surface area contributed by atoms with E-state index >= 15 is 0 Å². The van der Waals surface area contributed by atoms with E-state index in [1.165, 1.54) is 0 Å². The number of amides is 2. The van der Waals surface area contributed by atoms with Gasteiger partial charge in [-0.05, 0) is 42.9 Å². The molecule has 1 N–H and O–H groups in total. The summed E-state index contributed by atoms with van der Waals surface area (Å²) in [5.74, 6) is 0.222. The molecule has 2 aliphatic rings. The summed E-state index contributed by atoms with van der Waals surface area (Å²) in [5, 5.41) is 3.01. The van der Waals surface area contributed by atoms with Crippen LogP contribution in [0.4, 0.5) is 10.5 Å². The number of ketones is 1. The Kier molecular flexibility index (Phi) is 5.03. The van der Waals surface area contributed by atoms with Crippen molar-refractivity contribution in [3.63, 3.8) is 0 Å². The van der Waals surface area contributed by atoms with Crippen LogP contribution in [0.15, 0.2) is 71.9 Å². The maximum absolute atomic E-state index is 13.3. The Morgan fingerprint density at radius 2 is 1.62 bits per heavy atom. The van der Waals surface area contributed by atoms with Gasteiger partial charge in [0.25, 0.3) is 0 Å². The number of allylic oxidation sites excluding steroid dienone is 2. The number of nitrogens with one attached hydrogen (secondary N) is 1. The maximum Gasteiger partial charge on any atom is 0.326 e. The average molecular weight is 389 g/mol. The van der Waals surface area contributed by atoms with Crippen LogP contribution >= 0.6 is 0 Å². The molecule has 2 aromatic rings. The molecule has 0 radical (unpaired) electrons. The van der Waals surface area contributed by atoms with Crippen molar-refractivity contribution >= 4 is 17.5 Å². The molecule has 0 saturated heterocycles. The van der Waals surface area contributed by atoms with Crippen molar-refractivity contribution in [2.45, 2.75) is 52.0 Å². The Hall–Kier alpha value is -2.88. The van der Waals surface area contributed by atoms with E-state index in [9.17, 15) is 9.59 Å². The Bertz CT molecular complexity index is 947. The predicted molar refractivity (Wildman–Crippen MR) is 116 cm³/mol. The van der Waals surface area contributed by atoms with E-state index in [2.05, 4.69) is 38.2 Å². The summed E-state index contributed by atoms with van der Waals surface area (Å²) in [7, 11) is 0. The lowest BCUT2D eigenvalue weighted by Gasteiger charge is -2.46. The molecule has 1 aliphatic heterocycles. The van der Waals surface area contributed by atoms with Gasteiger partial charge in [0.05, 0.1) is 0 Å². The van der Waals surface area contributed by atoms with E-state index < -0.39 is 0 Å². The number of nitrogens with zero attached hydrogens (tertiary/aromatic N) is 1. The number of urea groups is 1. The summed E-state index contributed by atoms with van der Waals surface area (Å²) in [5.41, 5.74) is 3.49. The molecule has 4 nitrogen and oxygen atoms in total. The second-order valence-corrected chi connectivity index (χ2v) is 9.02. The zero-order valence-electron chi connectivity index (χ0n) is 17.3. The number of anilines is 1. The molecule has 4 rings (SSSR count). The smallest absolute Gasteiger partial charge is 0.308 e. The first kappa shape index (κ1) is 19.4. The van der Waals surface area contributed by atoms with E-state index in [4.69, 9.17) is 0 Å². The summed E-state index contributed by atoms with van der Waals surface area (Å²) in [6, 6.07) is 19.6. The van der Waals surface area contributed by atoms with Gasteiger partial charge in [-0.25, -0.2) is 4.79 Å². The molecule has 1 aliphatic carbocycles. The molecule has 2 amide bonds. The first-order valence-corrected chi connectivity index (χ1v) is 10.3. The van der Waals surface area contributed by atoms with Crippen LogP contribution in [0.2, 0.25) is 0 Å². The van der Waals surface area contributed by atoms with Crippen LogP contribution in [0.5, 0.6) is 0 Å². The summed E-state index contributed by atoms with van der Waals surface area (Å²) < 4.78 is 0. The van der Waals surface area contributed by atoms with Crippen LogP contribution in [0, 0.1) is 5.41 Å². The second-order valence-electron chi connectivity index (χ2n) is 9.02. The number of rotatable bonds is 2. The van der Waals surface area contributed by atoms with E-state index in [1.807, 2.05) is 53.4 Å². The monoisotopic (exact) mass is 388 g/mol. The lowest BCUT2D eigenvalue weighted by atomic mass is 9.68. The van der Waals surface area contributed by atoms with E-state index in [1.54, 1.807) is 0 Å². The van der Waals surface area contributed by atoms with Crippen molar-refractivity contribution in [3.05, 3.63) is 77.5 Å². The van der Waals surface area contributed by atoms with E-state index in [0.29, 0.717) is 6.42 Å². The van der Waals surface area contributed by atoms with Gasteiger partial charge in [-0.1, -0.05) is 62.4 Å². The molecule has 2 atom stereocenters. The number of benzene rings is 2. The molecular weight excluding hydrogens is 360 g/mol. The SMILES string of the molecule is CC1CC(c2ccccc2)C2=C(CC(C)(C)CC2=O)N1C(=O)Nc1ccccc1. The highest BCUT2D eigenvalue weighted by Gasteiger charge is 2.44. The number of hydrogen-bond donors (Lipinski definition) is 1. The van der Waals surface area contributed by atoms with Gasteiger partial charge in [0.1, 0.15) is 0 Å². The quantitative estimate of drug-likeness (QED) is 0.713. The molecule has 0 saturated carbocycles. The highest BCUT2D eigenvalue weighted by Crippen LogP contribution is 2.48. The summed E-state index contributed by atoms with van der Waals surface area (Å²) in [6.45, 7) is 6.30. The van der Waals surface area contributed by atoms with Crippen molar-refractivity contribution in [3.8, 4) is 0 Å². The van der Waals surface area contributed by atoms with Crippen LogP contribution in [0.3, 0.4) is 0 Å². The third-order valence-corrected chi connectivity index (χ3v) is 6.00. The third-order valence-electron chi connectivity index (χ3n) is 6.00. The van der Waals surface area contributed by atoms with E-state index in [0.717, 1.165) is 35.4 Å². The van der Waals surface area contributed by atoms with Crippen molar-refractivity contribution in [1.82, 2.24) is 4.90 Å². The molecule has 2 unspecified atom stereocenters. The van der Waals surface area contributed by atoms with Gasteiger partial charge in [-0.15, -0.1) is 0 Å². The molecule has 0 spiro atoms. The lowest BCUT2D eigenvalue weighted by Crippen LogP contribution is -2.49. The minimum absolute atomic E-state index is 0.00404. The minimum Gasteiger partial charge on any atom is -0.308 e. The van der Waals surface area contributed by atoms with Gasteiger partial charge in [0.15, 0.2) is 5.78 Å². The standard InChI is InChI=1S/C25H28N2O2/c1-17-14-20(18-10-6-4-7-11-18)23-21(15-25(2,3)16-22(23)28)27(17)24(29)26-19-12-8-5-9-13-19/h4-13,17,20H,14-16H2,1-3H3,(H,26,29). The van der Waals surface area contributed by atoms with Crippen molar-refractivity contribution in [2.24, 2.45) is 5.41 Å². The molecule has 29 heavy (non-hydrogen) atoms. The van der Waals surface area contributed by atoms with Gasteiger partial charge in [-0.2, -0.15) is 0 Å². The lowest BCUT2D eigenvalue weighted by molar-refractivity contribution is -0.119. The molecule has 150 valence electrons. The summed E-state index contributed by atoms with van der Waals surface area (Å²) >= 11 is 0. The fourth-order valence-electron chi connectivity index (χ4n) is 4.76. The largest absolute Gasteiger partial charge is 0.326 e. The van der Waals surface area contributed by atoms with Crippen molar-refractivity contribution < 1.29 is 9.59 Å². The van der Waals surface area contributed by atoms with Crippen molar-refractivity contribution in [1.29, 1.82) is 0 Å². The number of carbonyl (C=O) groups is 2. The van der Waals surface area contributed by atoms with Crippen molar-refractivity contribution in [2.75, 3.05) is 5.32 Å². The molecule has 1 heterocycles. The first-order valence-electron chi connectivity index (χ1n) is 10.3. The zero-order chi connectivity index (χ0) is 20.6. The fourth-order valence-corrected chi connectivity index (χ4v) is 4.76. The van der Waals surface area contributed by atoms with Crippen LogP contribution < -0.4 is 5.32 Å². The average Bonchev–Trinajstić information content (AvgIpc) is 2.67. The van der Waals surface area contributed by atoms with Gasteiger partial charge in [-0.3, -0.25) is 9.69 Å². The first-order chi connectivity index (χ1) is 13.9. The van der Waals surface area contributed by atoms with Crippen LogP contribution in [-0.2, 0) is 4.79 Å². The molecule has 0 aromatic heterocycles. The normalized spacial score (nSPS) is 23.6. The van der Waals surface area contributed by atoms with Crippen LogP contribution in [0.25, 0.3) is 0 Å². The summed E-state index contributed by atoms with van der Waals surface area (Å²) in [6.07, 6.45) is 2.00.